The molecule has 8 heteroatoms. The van der Waals surface area contributed by atoms with Gasteiger partial charge in [-0.1, -0.05) is 70.5 Å². The summed E-state index contributed by atoms with van der Waals surface area (Å²) in [6, 6.07) is 29.2. The standard InChI is InChI=1S/C32H24BrN3O4/c1-2-39-29-20-23(12-18-28(29)40-30(37)19-13-22-8-4-3-5-9-22)21-34-36-31(24-14-16-25(33)17-15-24)35-27-11-7-6-10-26(27)32(36)38/h3-21H,2H2,1H3/b19-13+,34-21?. The highest BCUT2D eigenvalue weighted by Crippen LogP contribution is 2.29. The maximum atomic E-state index is 13.4. The van der Waals surface area contributed by atoms with Crippen LogP contribution in [0.25, 0.3) is 28.4 Å². The van der Waals surface area contributed by atoms with Gasteiger partial charge in [0.2, 0.25) is 0 Å². The fourth-order valence-corrected chi connectivity index (χ4v) is 4.23. The first-order valence-electron chi connectivity index (χ1n) is 12.6. The van der Waals surface area contributed by atoms with Crippen LogP contribution in [0, 0.1) is 0 Å². The molecule has 0 aliphatic heterocycles. The Hall–Kier alpha value is -4.82. The van der Waals surface area contributed by atoms with Gasteiger partial charge in [0, 0.05) is 16.1 Å². The molecule has 5 rings (SSSR count). The van der Waals surface area contributed by atoms with Crippen molar-refractivity contribution in [2.75, 3.05) is 6.61 Å². The molecule has 0 aliphatic rings. The molecule has 0 spiro atoms. The van der Waals surface area contributed by atoms with Gasteiger partial charge in [-0.3, -0.25) is 4.79 Å². The first kappa shape index (κ1) is 26.8. The molecule has 7 nitrogen and oxygen atoms in total. The average molecular weight is 594 g/mol. The average Bonchev–Trinajstić information content (AvgIpc) is 2.98. The molecular weight excluding hydrogens is 570 g/mol. The van der Waals surface area contributed by atoms with Gasteiger partial charge in [-0.25, -0.2) is 9.78 Å². The van der Waals surface area contributed by atoms with Crippen molar-refractivity contribution >= 4 is 45.1 Å². The van der Waals surface area contributed by atoms with E-state index in [0.717, 1.165) is 15.6 Å². The summed E-state index contributed by atoms with van der Waals surface area (Å²) in [6.07, 6.45) is 4.59. The van der Waals surface area contributed by atoms with E-state index in [1.54, 1.807) is 48.7 Å². The van der Waals surface area contributed by atoms with Gasteiger partial charge in [-0.15, -0.1) is 0 Å². The summed E-state index contributed by atoms with van der Waals surface area (Å²) in [4.78, 5) is 30.6. The molecule has 0 saturated heterocycles. The molecule has 0 bridgehead atoms. The highest BCUT2D eigenvalue weighted by molar-refractivity contribution is 9.10. The van der Waals surface area contributed by atoms with E-state index < -0.39 is 5.97 Å². The molecular formula is C32H24BrN3O4. The van der Waals surface area contributed by atoms with Gasteiger partial charge >= 0.3 is 5.97 Å². The maximum Gasteiger partial charge on any atom is 0.336 e. The van der Waals surface area contributed by atoms with E-state index in [9.17, 15) is 9.59 Å². The van der Waals surface area contributed by atoms with Crippen LogP contribution in [-0.2, 0) is 4.79 Å². The predicted octanol–water partition coefficient (Wildman–Crippen LogP) is 6.73. The van der Waals surface area contributed by atoms with E-state index in [-0.39, 0.29) is 11.3 Å². The summed E-state index contributed by atoms with van der Waals surface area (Å²) in [5.74, 6) is 0.541. The summed E-state index contributed by atoms with van der Waals surface area (Å²) in [5.41, 5.74) is 2.56. The minimum atomic E-state index is -0.529. The number of rotatable bonds is 8. The molecule has 40 heavy (non-hydrogen) atoms. The van der Waals surface area contributed by atoms with Gasteiger partial charge in [-0.05, 0) is 66.6 Å². The largest absolute Gasteiger partial charge is 0.490 e. The fourth-order valence-electron chi connectivity index (χ4n) is 3.97. The number of nitrogens with zero attached hydrogens (tertiary/aromatic N) is 3. The van der Waals surface area contributed by atoms with E-state index in [1.165, 1.54) is 10.8 Å². The third kappa shape index (κ3) is 6.24. The summed E-state index contributed by atoms with van der Waals surface area (Å²) in [6.45, 7) is 2.21. The molecule has 0 N–H and O–H groups in total. The lowest BCUT2D eigenvalue weighted by Gasteiger charge is -2.11. The smallest absolute Gasteiger partial charge is 0.336 e. The van der Waals surface area contributed by atoms with Crippen LogP contribution in [0.2, 0.25) is 0 Å². The van der Waals surface area contributed by atoms with Gasteiger partial charge in [0.15, 0.2) is 17.3 Å². The number of hydrogen-bond donors (Lipinski definition) is 0. The molecule has 4 aromatic carbocycles. The first-order valence-corrected chi connectivity index (χ1v) is 13.3. The Morgan fingerprint density at radius 1 is 0.925 bits per heavy atom. The molecule has 0 saturated carbocycles. The number of carbonyl (C=O) groups excluding carboxylic acids is 1. The zero-order valence-electron chi connectivity index (χ0n) is 21.5. The summed E-state index contributed by atoms with van der Waals surface area (Å²) in [7, 11) is 0. The van der Waals surface area contributed by atoms with E-state index in [0.29, 0.717) is 34.6 Å². The van der Waals surface area contributed by atoms with Crippen LogP contribution in [0.15, 0.2) is 118 Å². The van der Waals surface area contributed by atoms with Gasteiger partial charge in [-0.2, -0.15) is 9.78 Å². The summed E-state index contributed by atoms with van der Waals surface area (Å²) >= 11 is 3.45. The topological polar surface area (TPSA) is 82.8 Å². The van der Waals surface area contributed by atoms with Crippen molar-refractivity contribution in [2.24, 2.45) is 5.10 Å². The predicted molar refractivity (Wildman–Crippen MR) is 161 cm³/mol. The number of hydrogen-bond acceptors (Lipinski definition) is 6. The van der Waals surface area contributed by atoms with Crippen LogP contribution in [0.5, 0.6) is 11.5 Å². The van der Waals surface area contributed by atoms with Crippen molar-refractivity contribution < 1.29 is 14.3 Å². The number of para-hydroxylation sites is 1. The second-order valence-corrected chi connectivity index (χ2v) is 9.54. The van der Waals surface area contributed by atoms with Crippen molar-refractivity contribution in [3.8, 4) is 22.9 Å². The number of esters is 1. The molecule has 0 unspecified atom stereocenters. The van der Waals surface area contributed by atoms with Crippen molar-refractivity contribution in [2.45, 2.75) is 6.92 Å². The lowest BCUT2D eigenvalue weighted by molar-refractivity contribution is -0.129. The second kappa shape index (κ2) is 12.4. The third-order valence-electron chi connectivity index (χ3n) is 5.87. The van der Waals surface area contributed by atoms with E-state index in [2.05, 4.69) is 21.0 Å². The molecule has 1 heterocycles. The van der Waals surface area contributed by atoms with Crippen molar-refractivity contribution in [3.63, 3.8) is 0 Å². The van der Waals surface area contributed by atoms with Crippen LogP contribution in [0.3, 0.4) is 0 Å². The third-order valence-corrected chi connectivity index (χ3v) is 6.40. The Kier molecular flexibility index (Phi) is 8.27. The van der Waals surface area contributed by atoms with E-state index in [4.69, 9.17) is 14.5 Å². The minimum absolute atomic E-state index is 0.279. The minimum Gasteiger partial charge on any atom is -0.490 e. The quantitative estimate of drug-likeness (QED) is 0.0862. The monoisotopic (exact) mass is 593 g/mol. The molecule has 0 aliphatic carbocycles. The lowest BCUT2D eigenvalue weighted by atomic mass is 10.2. The van der Waals surface area contributed by atoms with Gasteiger partial charge < -0.3 is 9.47 Å². The highest BCUT2D eigenvalue weighted by Gasteiger charge is 2.13. The van der Waals surface area contributed by atoms with Crippen LogP contribution in [-0.4, -0.2) is 28.5 Å². The van der Waals surface area contributed by atoms with Crippen molar-refractivity contribution in [1.29, 1.82) is 0 Å². The Morgan fingerprint density at radius 3 is 2.45 bits per heavy atom. The zero-order valence-corrected chi connectivity index (χ0v) is 23.1. The highest BCUT2D eigenvalue weighted by atomic mass is 79.9. The number of benzene rings is 4. The first-order chi connectivity index (χ1) is 19.5. The van der Waals surface area contributed by atoms with E-state index >= 15 is 0 Å². The Morgan fingerprint density at radius 2 is 1.68 bits per heavy atom. The lowest BCUT2D eigenvalue weighted by Crippen LogP contribution is -2.20. The number of ether oxygens (including phenoxy) is 2. The molecule has 198 valence electrons. The van der Waals surface area contributed by atoms with Crippen molar-refractivity contribution in [1.82, 2.24) is 9.66 Å². The zero-order chi connectivity index (χ0) is 27.9. The number of carbonyl (C=O) groups is 1. The van der Waals surface area contributed by atoms with Crippen LogP contribution in [0.1, 0.15) is 18.1 Å². The molecule has 5 aromatic rings. The Labute approximate surface area is 239 Å². The maximum absolute atomic E-state index is 13.4. The van der Waals surface area contributed by atoms with Gasteiger partial charge in [0.05, 0.1) is 23.7 Å². The number of fused-ring (bicyclic) bond motifs is 1. The molecule has 1 aromatic heterocycles. The van der Waals surface area contributed by atoms with Gasteiger partial charge in [0.25, 0.3) is 5.56 Å². The summed E-state index contributed by atoms with van der Waals surface area (Å²) in [5, 5.41) is 4.97. The van der Waals surface area contributed by atoms with Crippen molar-refractivity contribution in [3.05, 3.63) is 129 Å². The number of halogens is 1. The summed E-state index contributed by atoms with van der Waals surface area (Å²) < 4.78 is 13.5. The number of aromatic nitrogens is 2. The fraction of sp³-hybridized carbons (Fsp3) is 0.0625. The van der Waals surface area contributed by atoms with E-state index in [1.807, 2.05) is 67.6 Å². The molecule has 0 radical (unpaired) electrons. The molecule has 0 amide bonds. The molecule has 0 fully saturated rings. The van der Waals surface area contributed by atoms with Crippen LogP contribution < -0.4 is 15.0 Å². The molecule has 0 atom stereocenters. The Balaban J connectivity index is 1.46. The Bertz CT molecular complexity index is 1780. The SMILES string of the molecule is CCOc1cc(C=Nn2c(-c3ccc(Br)cc3)nc3ccccc3c2=O)ccc1OC(=O)/C=C/c1ccccc1. The van der Waals surface area contributed by atoms with Crippen LogP contribution in [0.4, 0.5) is 0 Å². The normalized spacial score (nSPS) is 11.3. The second-order valence-electron chi connectivity index (χ2n) is 8.63. The van der Waals surface area contributed by atoms with Crippen LogP contribution >= 0.6 is 15.9 Å². The van der Waals surface area contributed by atoms with Gasteiger partial charge in [0.1, 0.15) is 0 Å².